The molecule has 1 unspecified atom stereocenters. The van der Waals surface area contributed by atoms with Gasteiger partial charge < -0.3 is 0 Å². The molecule has 0 amide bonds. The Morgan fingerprint density at radius 1 is 1.50 bits per heavy atom. The van der Waals surface area contributed by atoms with Crippen molar-refractivity contribution in [3.8, 4) is 0 Å². The van der Waals surface area contributed by atoms with Gasteiger partial charge in [-0.2, -0.15) is 0 Å². The van der Waals surface area contributed by atoms with Crippen molar-refractivity contribution < 1.29 is 0 Å². The van der Waals surface area contributed by atoms with Crippen molar-refractivity contribution >= 4 is 5.71 Å². The van der Waals surface area contributed by atoms with Crippen LogP contribution < -0.4 is 5.32 Å². The summed E-state index contributed by atoms with van der Waals surface area (Å²) in [5.74, 6) is 0. The molecular formula is C8H11N2. The van der Waals surface area contributed by atoms with Gasteiger partial charge in [-0.1, -0.05) is 6.08 Å². The Labute approximate surface area is 61.0 Å². The molecule has 0 saturated heterocycles. The van der Waals surface area contributed by atoms with Crippen molar-refractivity contribution in [2.45, 2.75) is 18.9 Å². The zero-order valence-corrected chi connectivity index (χ0v) is 5.95. The molecule has 0 fully saturated rings. The van der Waals surface area contributed by atoms with Crippen LogP contribution in [0.3, 0.4) is 0 Å². The van der Waals surface area contributed by atoms with Gasteiger partial charge in [0.15, 0.2) is 0 Å². The summed E-state index contributed by atoms with van der Waals surface area (Å²) in [6.07, 6.45) is 6.63. The Hall–Kier alpha value is -0.630. The van der Waals surface area contributed by atoms with Crippen LogP contribution in [0, 0.1) is 0 Å². The lowest BCUT2D eigenvalue weighted by Gasteiger charge is -2.23. The molecule has 0 aromatic rings. The van der Waals surface area contributed by atoms with Crippen LogP contribution in [-0.2, 0) is 0 Å². The fourth-order valence-corrected chi connectivity index (χ4v) is 1.46. The van der Waals surface area contributed by atoms with Crippen LogP contribution in [0.25, 0.3) is 0 Å². The van der Waals surface area contributed by atoms with E-state index in [0.29, 0.717) is 6.04 Å². The number of hydrogen-bond acceptors (Lipinski definition) is 1. The minimum Gasteiger partial charge on any atom is -0.288 e. The lowest BCUT2D eigenvalue weighted by Crippen LogP contribution is -2.35. The van der Waals surface area contributed by atoms with Crippen LogP contribution in [0.5, 0.6) is 0 Å². The standard InChI is InChI=1S/C8H11N2/c1-3-7-8(9-5-1)4-2-6-10-7/h1,3,8H,2,4-6H2. The van der Waals surface area contributed by atoms with E-state index in [1.165, 1.54) is 18.6 Å². The highest BCUT2D eigenvalue weighted by Gasteiger charge is 2.19. The van der Waals surface area contributed by atoms with E-state index in [9.17, 15) is 0 Å². The third-order valence-electron chi connectivity index (χ3n) is 1.99. The van der Waals surface area contributed by atoms with Gasteiger partial charge in [-0.3, -0.25) is 4.99 Å². The fraction of sp³-hybridized carbons (Fsp3) is 0.625. The number of hydrogen-bond donors (Lipinski definition) is 0. The van der Waals surface area contributed by atoms with Gasteiger partial charge in [-0.25, -0.2) is 5.32 Å². The molecule has 0 N–H and O–H groups in total. The maximum atomic E-state index is 4.43. The van der Waals surface area contributed by atoms with Crippen molar-refractivity contribution in [3.63, 3.8) is 0 Å². The molecule has 2 aliphatic rings. The van der Waals surface area contributed by atoms with Crippen LogP contribution in [0.1, 0.15) is 12.8 Å². The minimum atomic E-state index is 0.443. The molecule has 1 atom stereocenters. The second-order valence-corrected chi connectivity index (χ2v) is 2.73. The predicted molar refractivity (Wildman–Crippen MR) is 41.5 cm³/mol. The Morgan fingerprint density at radius 3 is 3.40 bits per heavy atom. The average molecular weight is 135 g/mol. The lowest BCUT2D eigenvalue weighted by molar-refractivity contribution is 0.556. The Morgan fingerprint density at radius 2 is 2.50 bits per heavy atom. The highest BCUT2D eigenvalue weighted by Crippen LogP contribution is 2.11. The highest BCUT2D eigenvalue weighted by atomic mass is 15.0. The number of rotatable bonds is 0. The second kappa shape index (κ2) is 2.54. The Balaban J connectivity index is 2.21. The van der Waals surface area contributed by atoms with Crippen LogP contribution >= 0.6 is 0 Å². The molecule has 2 heterocycles. The van der Waals surface area contributed by atoms with Gasteiger partial charge in [0.1, 0.15) is 0 Å². The molecule has 0 saturated carbocycles. The molecule has 1 radical (unpaired) electrons. The van der Waals surface area contributed by atoms with Crippen molar-refractivity contribution in [2.75, 3.05) is 13.1 Å². The highest BCUT2D eigenvalue weighted by molar-refractivity contribution is 6.00. The first kappa shape index (κ1) is 6.10. The summed E-state index contributed by atoms with van der Waals surface area (Å²) in [6, 6.07) is 0.443. The molecule has 2 rings (SSSR count). The molecule has 2 aliphatic heterocycles. The summed E-state index contributed by atoms with van der Waals surface area (Å²) in [7, 11) is 0. The first-order chi connectivity index (χ1) is 4.97. The third kappa shape index (κ3) is 0.991. The molecule has 0 aliphatic carbocycles. The van der Waals surface area contributed by atoms with Gasteiger partial charge in [0.25, 0.3) is 0 Å². The molecule has 2 heteroatoms. The molecule has 0 aromatic heterocycles. The molecule has 2 nitrogen and oxygen atoms in total. The van der Waals surface area contributed by atoms with Gasteiger partial charge in [0.05, 0.1) is 11.8 Å². The summed E-state index contributed by atoms with van der Waals surface area (Å²) >= 11 is 0. The zero-order valence-electron chi connectivity index (χ0n) is 5.95. The topological polar surface area (TPSA) is 26.5 Å². The van der Waals surface area contributed by atoms with E-state index in [-0.39, 0.29) is 0 Å². The van der Waals surface area contributed by atoms with E-state index in [4.69, 9.17) is 0 Å². The molecular weight excluding hydrogens is 124 g/mol. The zero-order chi connectivity index (χ0) is 6.81. The largest absolute Gasteiger partial charge is 0.288 e. The lowest BCUT2D eigenvalue weighted by atomic mass is 10.0. The smallest absolute Gasteiger partial charge is 0.0667 e. The van der Waals surface area contributed by atoms with Gasteiger partial charge in [0.2, 0.25) is 0 Å². The molecule has 0 bridgehead atoms. The van der Waals surface area contributed by atoms with E-state index < -0.39 is 0 Å². The third-order valence-corrected chi connectivity index (χ3v) is 1.99. The first-order valence-corrected chi connectivity index (χ1v) is 3.84. The fourth-order valence-electron chi connectivity index (χ4n) is 1.46. The van der Waals surface area contributed by atoms with Crippen molar-refractivity contribution in [3.05, 3.63) is 12.2 Å². The first-order valence-electron chi connectivity index (χ1n) is 3.84. The van der Waals surface area contributed by atoms with E-state index in [1.54, 1.807) is 0 Å². The van der Waals surface area contributed by atoms with Crippen molar-refractivity contribution in [2.24, 2.45) is 4.99 Å². The summed E-state index contributed by atoms with van der Waals surface area (Å²) in [4.78, 5) is 4.39. The average Bonchev–Trinajstić information content (AvgIpc) is 2.05. The molecule has 53 valence electrons. The van der Waals surface area contributed by atoms with Crippen LogP contribution in [0.15, 0.2) is 17.1 Å². The maximum absolute atomic E-state index is 4.43. The Kier molecular flexibility index (Phi) is 1.55. The number of nitrogens with zero attached hydrogens (tertiary/aromatic N) is 2. The molecule has 10 heavy (non-hydrogen) atoms. The summed E-state index contributed by atoms with van der Waals surface area (Å²) < 4.78 is 0. The van der Waals surface area contributed by atoms with Crippen LogP contribution in [0.2, 0.25) is 0 Å². The quantitative estimate of drug-likeness (QED) is 0.469. The van der Waals surface area contributed by atoms with Gasteiger partial charge in [-0.15, -0.1) is 0 Å². The summed E-state index contributed by atoms with van der Waals surface area (Å²) in [5, 5.41) is 4.43. The van der Waals surface area contributed by atoms with Crippen molar-refractivity contribution in [1.29, 1.82) is 0 Å². The van der Waals surface area contributed by atoms with E-state index in [1.807, 2.05) is 0 Å². The van der Waals surface area contributed by atoms with E-state index >= 15 is 0 Å². The maximum Gasteiger partial charge on any atom is 0.0667 e. The summed E-state index contributed by atoms with van der Waals surface area (Å²) in [6.45, 7) is 1.90. The van der Waals surface area contributed by atoms with E-state index in [0.717, 1.165) is 13.1 Å². The van der Waals surface area contributed by atoms with Gasteiger partial charge in [-0.05, 0) is 18.9 Å². The minimum absolute atomic E-state index is 0.443. The van der Waals surface area contributed by atoms with Gasteiger partial charge in [0, 0.05) is 13.1 Å². The predicted octanol–water partition coefficient (Wildman–Crippen LogP) is 0.764. The SMILES string of the molecule is C1=CC2=NCCCC2[N]C1. The Bertz CT molecular complexity index is 182. The van der Waals surface area contributed by atoms with E-state index in [2.05, 4.69) is 22.5 Å². The second-order valence-electron chi connectivity index (χ2n) is 2.73. The van der Waals surface area contributed by atoms with Crippen LogP contribution in [-0.4, -0.2) is 24.8 Å². The summed E-state index contributed by atoms with van der Waals surface area (Å²) in [5.41, 5.74) is 1.21. The van der Waals surface area contributed by atoms with Gasteiger partial charge >= 0.3 is 0 Å². The normalized spacial score (nSPS) is 31.2. The molecule has 0 spiro atoms. The van der Waals surface area contributed by atoms with Crippen LogP contribution in [0.4, 0.5) is 0 Å². The monoisotopic (exact) mass is 135 g/mol. The number of fused-ring (bicyclic) bond motifs is 1. The van der Waals surface area contributed by atoms with Crippen molar-refractivity contribution in [1.82, 2.24) is 5.32 Å². The molecule has 0 aromatic carbocycles. The number of aliphatic imine (C=N–C) groups is 1.